The normalized spacial score (nSPS) is 10.9. The van der Waals surface area contributed by atoms with E-state index >= 15 is 0 Å². The molecule has 0 aliphatic carbocycles. The van der Waals surface area contributed by atoms with Crippen LogP contribution < -0.4 is 11.2 Å². The van der Waals surface area contributed by atoms with E-state index in [9.17, 15) is 4.79 Å². The Balaban J connectivity index is 1.44. The maximum atomic E-state index is 12.5. The Morgan fingerprint density at radius 3 is 2.52 bits per heavy atom. The van der Waals surface area contributed by atoms with Crippen LogP contribution in [0.5, 0.6) is 0 Å². The van der Waals surface area contributed by atoms with Crippen molar-refractivity contribution in [3.8, 4) is 22.8 Å². The van der Waals surface area contributed by atoms with E-state index in [2.05, 4.69) is 25.7 Å². The maximum absolute atomic E-state index is 12.5. The minimum Gasteiger partial charge on any atom is -0.335 e. The van der Waals surface area contributed by atoms with Crippen molar-refractivity contribution in [2.75, 3.05) is 16.9 Å². The highest BCUT2D eigenvalue weighted by Crippen LogP contribution is 2.25. The number of nitrogens with zero attached hydrogens (tertiary/aromatic N) is 4. The molecule has 0 fully saturated rings. The predicted octanol–water partition coefficient (Wildman–Crippen LogP) is 3.71. The quantitative estimate of drug-likeness (QED) is 0.315. The van der Waals surface area contributed by atoms with Crippen LogP contribution in [0.1, 0.15) is 16.7 Å². The van der Waals surface area contributed by atoms with Gasteiger partial charge in [0.25, 0.3) is 0 Å². The SMILES string of the molecule is Cc1cc(C)c(NC(=O)CSc2nnc(-c3cc(-c4ccccc4)n[nH]3)n2N)c(C)c1. The third-order valence-electron chi connectivity index (χ3n) is 4.83. The molecule has 2 heterocycles. The molecule has 2 aromatic heterocycles. The minimum atomic E-state index is -0.127. The summed E-state index contributed by atoms with van der Waals surface area (Å²) in [5, 5.41) is 19.0. The lowest BCUT2D eigenvalue weighted by molar-refractivity contribution is -0.113. The van der Waals surface area contributed by atoms with Crippen molar-refractivity contribution in [2.45, 2.75) is 25.9 Å². The Morgan fingerprint density at radius 1 is 1.10 bits per heavy atom. The molecular formula is C22H23N7OS. The van der Waals surface area contributed by atoms with Gasteiger partial charge in [0.1, 0.15) is 5.69 Å². The molecule has 8 nitrogen and oxygen atoms in total. The molecule has 4 aromatic rings. The molecule has 0 unspecified atom stereocenters. The molecule has 4 N–H and O–H groups in total. The van der Waals surface area contributed by atoms with Gasteiger partial charge >= 0.3 is 0 Å². The largest absolute Gasteiger partial charge is 0.335 e. The molecule has 0 atom stereocenters. The third-order valence-corrected chi connectivity index (χ3v) is 5.77. The van der Waals surface area contributed by atoms with Crippen molar-refractivity contribution >= 4 is 23.4 Å². The van der Waals surface area contributed by atoms with Crippen LogP contribution in [-0.2, 0) is 4.79 Å². The number of aromatic nitrogens is 5. The minimum absolute atomic E-state index is 0.127. The van der Waals surface area contributed by atoms with E-state index in [1.807, 2.05) is 69.3 Å². The highest BCUT2D eigenvalue weighted by Gasteiger charge is 2.17. The molecule has 4 rings (SSSR count). The van der Waals surface area contributed by atoms with Gasteiger partial charge in [-0.05, 0) is 38.0 Å². The van der Waals surface area contributed by atoms with E-state index in [1.54, 1.807) is 0 Å². The average molecular weight is 434 g/mol. The first-order valence-corrected chi connectivity index (χ1v) is 10.7. The van der Waals surface area contributed by atoms with Crippen LogP contribution in [0.4, 0.5) is 5.69 Å². The summed E-state index contributed by atoms with van der Waals surface area (Å²) in [7, 11) is 0. The van der Waals surface area contributed by atoms with Crippen molar-refractivity contribution in [3.05, 3.63) is 65.2 Å². The molecule has 9 heteroatoms. The fourth-order valence-corrected chi connectivity index (χ4v) is 4.09. The van der Waals surface area contributed by atoms with E-state index < -0.39 is 0 Å². The van der Waals surface area contributed by atoms with Crippen LogP contribution in [0.2, 0.25) is 0 Å². The molecule has 2 aromatic carbocycles. The van der Waals surface area contributed by atoms with Crippen molar-refractivity contribution in [3.63, 3.8) is 0 Å². The van der Waals surface area contributed by atoms with Crippen LogP contribution in [0.3, 0.4) is 0 Å². The molecular weight excluding hydrogens is 410 g/mol. The van der Waals surface area contributed by atoms with Crippen molar-refractivity contribution in [1.82, 2.24) is 25.1 Å². The van der Waals surface area contributed by atoms with Crippen LogP contribution in [0.25, 0.3) is 22.8 Å². The van der Waals surface area contributed by atoms with E-state index in [4.69, 9.17) is 5.84 Å². The van der Waals surface area contributed by atoms with E-state index in [-0.39, 0.29) is 11.7 Å². The number of H-pyrrole nitrogens is 1. The Bertz CT molecular complexity index is 1210. The van der Waals surface area contributed by atoms with Crippen LogP contribution >= 0.6 is 11.8 Å². The Kier molecular flexibility index (Phi) is 5.77. The summed E-state index contributed by atoms with van der Waals surface area (Å²) in [6, 6.07) is 15.8. The zero-order chi connectivity index (χ0) is 22.0. The molecule has 0 saturated carbocycles. The second-order valence-corrected chi connectivity index (χ2v) is 8.26. The number of aromatic amines is 1. The van der Waals surface area contributed by atoms with E-state index in [0.29, 0.717) is 16.7 Å². The predicted molar refractivity (Wildman–Crippen MR) is 123 cm³/mol. The Hall–Kier alpha value is -3.59. The number of benzene rings is 2. The number of carbonyl (C=O) groups excluding carboxylic acids is 1. The number of anilines is 1. The lowest BCUT2D eigenvalue weighted by atomic mass is 10.1. The number of carbonyl (C=O) groups is 1. The average Bonchev–Trinajstić information content (AvgIpc) is 3.36. The molecule has 1 amide bonds. The molecule has 0 bridgehead atoms. The van der Waals surface area contributed by atoms with Gasteiger partial charge in [0.2, 0.25) is 16.9 Å². The number of nitrogens with one attached hydrogen (secondary N) is 2. The number of hydrogen-bond acceptors (Lipinski definition) is 6. The smallest absolute Gasteiger partial charge is 0.234 e. The van der Waals surface area contributed by atoms with Gasteiger partial charge in [-0.3, -0.25) is 9.89 Å². The first-order chi connectivity index (χ1) is 14.9. The van der Waals surface area contributed by atoms with Gasteiger partial charge in [-0.1, -0.05) is 59.8 Å². The summed E-state index contributed by atoms with van der Waals surface area (Å²) in [6.07, 6.45) is 0. The van der Waals surface area contributed by atoms with Gasteiger partial charge in [0.15, 0.2) is 0 Å². The number of aryl methyl sites for hydroxylation is 3. The van der Waals surface area contributed by atoms with Crippen LogP contribution in [0, 0.1) is 20.8 Å². The van der Waals surface area contributed by atoms with Gasteiger partial charge in [0.05, 0.1) is 11.4 Å². The third kappa shape index (κ3) is 4.46. The van der Waals surface area contributed by atoms with Crippen molar-refractivity contribution < 1.29 is 4.79 Å². The molecule has 31 heavy (non-hydrogen) atoms. The summed E-state index contributed by atoms with van der Waals surface area (Å²) >= 11 is 1.23. The molecule has 0 spiro atoms. The second kappa shape index (κ2) is 8.65. The maximum Gasteiger partial charge on any atom is 0.234 e. The number of nitrogens with two attached hydrogens (primary N) is 1. The van der Waals surface area contributed by atoms with E-state index in [1.165, 1.54) is 22.0 Å². The molecule has 0 aliphatic rings. The Morgan fingerprint density at radius 2 is 1.81 bits per heavy atom. The zero-order valence-electron chi connectivity index (χ0n) is 17.5. The van der Waals surface area contributed by atoms with Crippen LogP contribution in [0.15, 0.2) is 53.7 Å². The lowest BCUT2D eigenvalue weighted by Gasteiger charge is -2.12. The number of thioether (sulfide) groups is 1. The lowest BCUT2D eigenvalue weighted by Crippen LogP contribution is -2.17. The number of nitrogen functional groups attached to an aromatic ring is 1. The highest BCUT2D eigenvalue weighted by molar-refractivity contribution is 7.99. The summed E-state index contributed by atoms with van der Waals surface area (Å²) in [5.41, 5.74) is 6.51. The fraction of sp³-hybridized carbons (Fsp3) is 0.182. The topological polar surface area (TPSA) is 115 Å². The number of rotatable bonds is 6. The van der Waals surface area contributed by atoms with E-state index in [0.717, 1.165) is 28.1 Å². The van der Waals surface area contributed by atoms with Gasteiger partial charge in [-0.25, -0.2) is 4.68 Å². The summed E-state index contributed by atoms with van der Waals surface area (Å²) in [5.74, 6) is 6.67. The van der Waals surface area contributed by atoms with Gasteiger partial charge in [0, 0.05) is 11.3 Å². The van der Waals surface area contributed by atoms with Crippen molar-refractivity contribution in [2.24, 2.45) is 0 Å². The zero-order valence-corrected chi connectivity index (χ0v) is 18.3. The molecule has 0 aliphatic heterocycles. The first kappa shape index (κ1) is 20.7. The fourth-order valence-electron chi connectivity index (χ4n) is 3.43. The second-order valence-electron chi connectivity index (χ2n) is 7.32. The number of hydrogen-bond donors (Lipinski definition) is 3. The van der Waals surface area contributed by atoms with Crippen LogP contribution in [-0.4, -0.2) is 36.7 Å². The molecule has 0 radical (unpaired) electrons. The van der Waals surface area contributed by atoms with Gasteiger partial charge in [-0.2, -0.15) is 5.10 Å². The van der Waals surface area contributed by atoms with Crippen molar-refractivity contribution in [1.29, 1.82) is 0 Å². The first-order valence-electron chi connectivity index (χ1n) is 9.74. The highest BCUT2D eigenvalue weighted by atomic mass is 32.2. The molecule has 158 valence electrons. The summed E-state index contributed by atoms with van der Waals surface area (Å²) in [4.78, 5) is 12.5. The standard InChI is InChI=1S/C22H23N7OS/c1-13-9-14(2)20(15(3)10-13)24-19(30)12-31-22-28-27-21(29(22)23)18-11-17(25-26-18)16-7-5-4-6-8-16/h4-11H,12,23H2,1-3H3,(H,24,30)(H,25,26). The summed E-state index contributed by atoms with van der Waals surface area (Å²) in [6.45, 7) is 6.01. The van der Waals surface area contributed by atoms with Gasteiger partial charge in [-0.15, -0.1) is 10.2 Å². The monoisotopic (exact) mass is 433 g/mol. The van der Waals surface area contributed by atoms with Gasteiger partial charge < -0.3 is 11.2 Å². The Labute approximate surface area is 184 Å². The number of amides is 1. The summed E-state index contributed by atoms with van der Waals surface area (Å²) < 4.78 is 1.36. The molecule has 0 saturated heterocycles.